The van der Waals surface area contributed by atoms with Crippen LogP contribution in [0.5, 0.6) is 0 Å². The number of aromatic nitrogens is 3. The summed E-state index contributed by atoms with van der Waals surface area (Å²) in [7, 11) is 0. The minimum atomic E-state index is -3.04. The lowest BCUT2D eigenvalue weighted by molar-refractivity contribution is 0.0273. The zero-order valence-corrected chi connectivity index (χ0v) is 25.5. The van der Waals surface area contributed by atoms with Crippen LogP contribution < -0.4 is 10.2 Å². The van der Waals surface area contributed by atoms with Crippen LogP contribution in [0.25, 0.3) is 33.4 Å². The molecule has 1 N–H and O–H groups in total. The van der Waals surface area contributed by atoms with Crippen molar-refractivity contribution in [3.05, 3.63) is 95.6 Å². The molecular formula is C35H32F5N5O. The Bertz CT molecular complexity index is 1890. The molecule has 0 radical (unpaired) electrons. The molecule has 1 atom stereocenters. The quantitative estimate of drug-likeness (QED) is 0.172. The van der Waals surface area contributed by atoms with Crippen molar-refractivity contribution in [1.82, 2.24) is 15.0 Å². The second-order valence-corrected chi connectivity index (χ2v) is 11.8. The summed E-state index contributed by atoms with van der Waals surface area (Å²) in [6, 6.07) is 12.4. The van der Waals surface area contributed by atoms with E-state index in [-0.39, 0.29) is 28.3 Å². The van der Waals surface area contributed by atoms with Gasteiger partial charge in [-0.15, -0.1) is 0 Å². The van der Waals surface area contributed by atoms with E-state index in [2.05, 4.69) is 39.0 Å². The number of morpholine rings is 1. The molecule has 0 amide bonds. The zero-order chi connectivity index (χ0) is 32.5. The van der Waals surface area contributed by atoms with E-state index in [9.17, 15) is 17.6 Å². The Kier molecular flexibility index (Phi) is 8.86. The molecule has 3 aromatic heterocycles. The first-order valence-corrected chi connectivity index (χ1v) is 15.0. The van der Waals surface area contributed by atoms with Gasteiger partial charge in [0.1, 0.15) is 23.3 Å². The highest BCUT2D eigenvalue weighted by Gasteiger charge is 2.25. The largest absolute Gasteiger partial charge is 0.375 e. The van der Waals surface area contributed by atoms with Gasteiger partial charge in [0.25, 0.3) is 6.43 Å². The Balaban J connectivity index is 1.54. The lowest BCUT2D eigenvalue weighted by Crippen LogP contribution is -2.43. The maximum absolute atomic E-state index is 15.6. The Morgan fingerprint density at radius 1 is 1.00 bits per heavy atom. The van der Waals surface area contributed by atoms with Crippen molar-refractivity contribution in [3.8, 4) is 22.5 Å². The van der Waals surface area contributed by atoms with E-state index >= 15 is 4.39 Å². The average Bonchev–Trinajstić information content (AvgIpc) is 3.02. The monoisotopic (exact) mass is 633 g/mol. The third-order valence-corrected chi connectivity index (χ3v) is 8.04. The van der Waals surface area contributed by atoms with Gasteiger partial charge in [0.15, 0.2) is 0 Å². The summed E-state index contributed by atoms with van der Waals surface area (Å²) in [5.41, 5.74) is 2.09. The number of hydrogen-bond acceptors (Lipinski definition) is 6. The first-order chi connectivity index (χ1) is 22.1. The third-order valence-electron chi connectivity index (χ3n) is 8.04. The maximum Gasteiger partial charge on any atom is 0.266 e. The van der Waals surface area contributed by atoms with Crippen LogP contribution in [0.3, 0.4) is 0 Å². The van der Waals surface area contributed by atoms with E-state index in [1.807, 2.05) is 0 Å². The minimum absolute atomic E-state index is 0.00589. The molecule has 11 heteroatoms. The highest BCUT2D eigenvalue weighted by molar-refractivity contribution is 5.99. The Labute approximate surface area is 263 Å². The number of nitrogens with zero attached hydrogens (tertiary/aromatic N) is 4. The fourth-order valence-corrected chi connectivity index (χ4v) is 5.87. The number of fused-ring (bicyclic) bond motifs is 1. The van der Waals surface area contributed by atoms with Crippen molar-refractivity contribution in [2.45, 2.75) is 39.7 Å². The first-order valence-electron chi connectivity index (χ1n) is 15.0. The van der Waals surface area contributed by atoms with Crippen LogP contribution in [0.15, 0.2) is 67.0 Å². The number of benzene rings is 2. The van der Waals surface area contributed by atoms with Crippen molar-refractivity contribution >= 4 is 28.1 Å². The van der Waals surface area contributed by atoms with Crippen molar-refractivity contribution in [2.24, 2.45) is 5.92 Å². The summed E-state index contributed by atoms with van der Waals surface area (Å²) < 4.78 is 77.8. The van der Waals surface area contributed by atoms with Crippen LogP contribution in [0, 0.1) is 30.3 Å². The highest BCUT2D eigenvalue weighted by Crippen LogP contribution is 2.40. The number of anilines is 3. The number of alkyl halides is 2. The molecule has 0 spiro atoms. The van der Waals surface area contributed by atoms with Crippen molar-refractivity contribution in [1.29, 1.82) is 0 Å². The molecule has 1 saturated heterocycles. The molecule has 4 heterocycles. The molecule has 0 saturated carbocycles. The summed E-state index contributed by atoms with van der Waals surface area (Å²) >= 11 is 0. The maximum atomic E-state index is 15.6. The second kappa shape index (κ2) is 13.0. The molecule has 1 fully saturated rings. The van der Waals surface area contributed by atoms with Gasteiger partial charge in [0.2, 0.25) is 0 Å². The van der Waals surface area contributed by atoms with Crippen molar-refractivity contribution < 1.29 is 26.7 Å². The number of rotatable bonds is 8. The molecule has 6 rings (SSSR count). The molecule has 46 heavy (non-hydrogen) atoms. The first kappa shape index (κ1) is 31.3. The van der Waals surface area contributed by atoms with E-state index in [1.54, 1.807) is 37.4 Å². The zero-order valence-electron chi connectivity index (χ0n) is 25.5. The normalized spacial score (nSPS) is 15.3. The minimum Gasteiger partial charge on any atom is -0.375 e. The van der Waals surface area contributed by atoms with E-state index in [1.165, 1.54) is 12.3 Å². The van der Waals surface area contributed by atoms with Crippen LogP contribution in [-0.2, 0) is 4.74 Å². The Hall–Kier alpha value is -4.64. The fourth-order valence-electron chi connectivity index (χ4n) is 5.87. The second-order valence-electron chi connectivity index (χ2n) is 11.8. The molecule has 5 aromatic rings. The van der Waals surface area contributed by atoms with E-state index in [0.717, 1.165) is 30.7 Å². The van der Waals surface area contributed by atoms with Crippen LogP contribution in [-0.4, -0.2) is 40.8 Å². The third kappa shape index (κ3) is 6.37. The Morgan fingerprint density at radius 3 is 2.57 bits per heavy atom. The predicted octanol–water partition coefficient (Wildman–Crippen LogP) is 9.02. The number of halogens is 5. The van der Waals surface area contributed by atoms with Gasteiger partial charge in [0.05, 0.1) is 51.9 Å². The molecule has 0 aliphatic carbocycles. The van der Waals surface area contributed by atoms with Gasteiger partial charge < -0.3 is 15.0 Å². The lowest BCUT2D eigenvalue weighted by atomic mass is 10.0. The van der Waals surface area contributed by atoms with Gasteiger partial charge in [-0.25, -0.2) is 31.9 Å². The van der Waals surface area contributed by atoms with E-state index < -0.39 is 29.4 Å². The molecule has 2 aromatic carbocycles. The van der Waals surface area contributed by atoms with Gasteiger partial charge in [-0.2, -0.15) is 0 Å². The average molecular weight is 634 g/mol. The molecular weight excluding hydrogens is 601 g/mol. The molecule has 1 aliphatic rings. The summed E-state index contributed by atoms with van der Waals surface area (Å²) in [5.74, 6) is -1.63. The van der Waals surface area contributed by atoms with Crippen molar-refractivity contribution in [2.75, 3.05) is 29.9 Å². The topological polar surface area (TPSA) is 63.2 Å². The van der Waals surface area contributed by atoms with Gasteiger partial charge in [-0.3, -0.25) is 4.98 Å². The van der Waals surface area contributed by atoms with Gasteiger partial charge in [-0.1, -0.05) is 26.0 Å². The van der Waals surface area contributed by atoms with Crippen LogP contribution >= 0.6 is 0 Å². The van der Waals surface area contributed by atoms with E-state index in [0.29, 0.717) is 59.6 Å². The standard InChI is InChI=1S/C35H32F5N5O/c1-19(2)12-23-18-45(10-11-46-23)31-16-29(25(17-42-31)21-7-8-26(37)24(13-21)35(39)40)43-34-20(3)33(28-6-4-5-9-41-28)44-30-15-22(36)14-27(38)32(30)34/h4-9,13-17,19,23,35H,10-12,18H2,1-3H3,(H,42,43,44). The Morgan fingerprint density at radius 2 is 1.83 bits per heavy atom. The fraction of sp³-hybridized carbons (Fsp3) is 0.286. The molecule has 238 valence electrons. The summed E-state index contributed by atoms with van der Waals surface area (Å²) in [5, 5.41) is 3.37. The van der Waals surface area contributed by atoms with Crippen LogP contribution in [0.2, 0.25) is 0 Å². The summed E-state index contributed by atoms with van der Waals surface area (Å²) in [6.07, 6.45) is 0.943. The lowest BCUT2D eigenvalue weighted by Gasteiger charge is -2.35. The van der Waals surface area contributed by atoms with Crippen LogP contribution in [0.4, 0.5) is 39.1 Å². The number of ether oxygens (including phenoxy) is 1. The molecule has 6 nitrogen and oxygen atoms in total. The smallest absolute Gasteiger partial charge is 0.266 e. The van der Waals surface area contributed by atoms with Gasteiger partial charge in [-0.05, 0) is 49.1 Å². The van der Waals surface area contributed by atoms with E-state index in [4.69, 9.17) is 4.74 Å². The predicted molar refractivity (Wildman–Crippen MR) is 169 cm³/mol. The molecule has 1 aliphatic heterocycles. The number of hydrogen-bond donors (Lipinski definition) is 1. The molecule has 1 unspecified atom stereocenters. The van der Waals surface area contributed by atoms with Crippen LogP contribution in [0.1, 0.15) is 37.8 Å². The number of nitrogens with one attached hydrogen (secondary N) is 1. The summed E-state index contributed by atoms with van der Waals surface area (Å²) in [4.78, 5) is 15.7. The summed E-state index contributed by atoms with van der Waals surface area (Å²) in [6.45, 7) is 7.65. The molecule has 0 bridgehead atoms. The SMILES string of the molecule is Cc1c(-c2ccccn2)nc2cc(F)cc(F)c2c1Nc1cc(N2CCOC(CC(C)C)C2)ncc1-c1ccc(F)c(C(F)F)c1. The number of pyridine rings is 3. The van der Waals surface area contributed by atoms with Gasteiger partial charge >= 0.3 is 0 Å². The van der Waals surface area contributed by atoms with Gasteiger partial charge in [0, 0.05) is 54.8 Å². The van der Waals surface area contributed by atoms with Crippen molar-refractivity contribution in [3.63, 3.8) is 0 Å². The highest BCUT2D eigenvalue weighted by atomic mass is 19.3.